The number of amides is 2. The molecule has 0 fully saturated rings. The van der Waals surface area contributed by atoms with Crippen molar-refractivity contribution in [3.63, 3.8) is 0 Å². The Morgan fingerprint density at radius 1 is 0.970 bits per heavy atom. The van der Waals surface area contributed by atoms with Crippen molar-refractivity contribution in [3.05, 3.63) is 94.9 Å². The first-order valence-electron chi connectivity index (χ1n) is 9.98. The first kappa shape index (κ1) is 21.4. The summed E-state index contributed by atoms with van der Waals surface area (Å²) >= 11 is 0. The molecule has 0 atom stereocenters. The number of aromatic nitrogens is 4. The van der Waals surface area contributed by atoms with Crippen molar-refractivity contribution in [2.75, 3.05) is 0 Å². The van der Waals surface area contributed by atoms with E-state index in [2.05, 4.69) is 21.0 Å². The van der Waals surface area contributed by atoms with E-state index < -0.39 is 16.7 Å². The SMILES string of the molecule is O=C(CCn1cc([N+](=O)[O-])cn1)NNC(=O)c1cn(-c2ccccc2)nc1-c1ccccc1. The van der Waals surface area contributed by atoms with Crippen LogP contribution in [0.3, 0.4) is 0 Å². The van der Waals surface area contributed by atoms with Gasteiger partial charge in [0.1, 0.15) is 18.1 Å². The molecule has 2 heterocycles. The van der Waals surface area contributed by atoms with Crippen LogP contribution in [0.25, 0.3) is 16.9 Å². The molecule has 2 aromatic heterocycles. The maximum atomic E-state index is 12.9. The van der Waals surface area contributed by atoms with Gasteiger partial charge in [0.2, 0.25) is 5.91 Å². The molecule has 0 unspecified atom stereocenters. The number of rotatable bonds is 7. The number of aryl methyl sites for hydroxylation is 1. The lowest BCUT2D eigenvalue weighted by Gasteiger charge is -2.07. The number of benzene rings is 2. The van der Waals surface area contributed by atoms with Crippen LogP contribution in [-0.2, 0) is 11.3 Å². The fourth-order valence-corrected chi connectivity index (χ4v) is 3.10. The Morgan fingerprint density at radius 2 is 1.67 bits per heavy atom. The molecule has 166 valence electrons. The number of hydrogen-bond acceptors (Lipinski definition) is 6. The summed E-state index contributed by atoms with van der Waals surface area (Å²) in [5.41, 5.74) is 6.89. The first-order chi connectivity index (χ1) is 16.0. The lowest BCUT2D eigenvalue weighted by molar-refractivity contribution is -0.385. The third-order valence-electron chi connectivity index (χ3n) is 4.74. The summed E-state index contributed by atoms with van der Waals surface area (Å²) in [5.74, 6) is -1.00. The van der Waals surface area contributed by atoms with E-state index in [-0.39, 0.29) is 24.2 Å². The standard InChI is InChI=1S/C22H19N7O4/c30-20(11-12-27-14-18(13-23-27)29(32)33)24-25-22(31)19-15-28(17-9-5-2-6-10-17)26-21(19)16-7-3-1-4-8-16/h1-10,13-15H,11-12H2,(H,24,30)(H,25,31). The summed E-state index contributed by atoms with van der Waals surface area (Å²) in [7, 11) is 0. The number of hydrogen-bond donors (Lipinski definition) is 2. The fraction of sp³-hybridized carbons (Fsp3) is 0.0909. The molecular weight excluding hydrogens is 426 g/mol. The summed E-state index contributed by atoms with van der Waals surface area (Å²) in [6.45, 7) is 0.122. The van der Waals surface area contributed by atoms with E-state index in [9.17, 15) is 19.7 Å². The number of nitrogens with one attached hydrogen (secondary N) is 2. The van der Waals surface area contributed by atoms with Gasteiger partial charge in [-0.15, -0.1) is 0 Å². The third-order valence-corrected chi connectivity index (χ3v) is 4.74. The van der Waals surface area contributed by atoms with Crippen molar-refractivity contribution in [1.29, 1.82) is 0 Å². The number of hydrazine groups is 1. The van der Waals surface area contributed by atoms with Gasteiger partial charge in [-0.05, 0) is 12.1 Å². The smallest absolute Gasteiger partial charge is 0.273 e. The van der Waals surface area contributed by atoms with Gasteiger partial charge in [-0.2, -0.15) is 10.2 Å². The Kier molecular flexibility index (Phi) is 6.21. The predicted octanol–water partition coefficient (Wildman–Crippen LogP) is 2.50. The van der Waals surface area contributed by atoms with Crippen molar-refractivity contribution < 1.29 is 14.5 Å². The second-order valence-corrected chi connectivity index (χ2v) is 7.01. The van der Waals surface area contributed by atoms with Crippen LogP contribution in [0, 0.1) is 10.1 Å². The van der Waals surface area contributed by atoms with Crippen molar-refractivity contribution in [3.8, 4) is 16.9 Å². The van der Waals surface area contributed by atoms with Crippen LogP contribution in [0.5, 0.6) is 0 Å². The summed E-state index contributed by atoms with van der Waals surface area (Å²) in [6, 6.07) is 18.6. The Labute approximate surface area is 187 Å². The molecule has 11 heteroatoms. The molecule has 11 nitrogen and oxygen atoms in total. The van der Waals surface area contributed by atoms with Crippen molar-refractivity contribution >= 4 is 17.5 Å². The largest absolute Gasteiger partial charge is 0.306 e. The molecule has 0 aliphatic heterocycles. The normalized spacial score (nSPS) is 10.5. The Morgan fingerprint density at radius 3 is 2.33 bits per heavy atom. The van der Waals surface area contributed by atoms with E-state index >= 15 is 0 Å². The number of carbonyl (C=O) groups is 2. The monoisotopic (exact) mass is 445 g/mol. The van der Waals surface area contributed by atoms with Gasteiger partial charge in [-0.25, -0.2) is 4.68 Å². The zero-order valence-corrected chi connectivity index (χ0v) is 17.3. The van der Waals surface area contributed by atoms with Crippen LogP contribution >= 0.6 is 0 Å². The molecular formula is C22H19N7O4. The fourth-order valence-electron chi connectivity index (χ4n) is 3.10. The molecule has 0 saturated heterocycles. The zero-order valence-electron chi connectivity index (χ0n) is 17.3. The molecule has 0 radical (unpaired) electrons. The average molecular weight is 445 g/mol. The van der Waals surface area contributed by atoms with Gasteiger partial charge in [-0.3, -0.25) is 35.2 Å². The van der Waals surface area contributed by atoms with Crippen LogP contribution < -0.4 is 10.9 Å². The highest BCUT2D eigenvalue weighted by atomic mass is 16.6. The van der Waals surface area contributed by atoms with E-state index in [1.807, 2.05) is 60.7 Å². The quantitative estimate of drug-likeness (QED) is 0.331. The van der Waals surface area contributed by atoms with E-state index in [0.29, 0.717) is 5.69 Å². The summed E-state index contributed by atoms with van der Waals surface area (Å²) in [6.07, 6.45) is 3.90. The highest BCUT2D eigenvalue weighted by Gasteiger charge is 2.19. The number of nitrogens with zero attached hydrogens (tertiary/aromatic N) is 5. The molecule has 4 aromatic rings. The highest BCUT2D eigenvalue weighted by molar-refractivity contribution is 6.00. The first-order valence-corrected chi connectivity index (χ1v) is 9.98. The van der Waals surface area contributed by atoms with Gasteiger partial charge in [0.05, 0.1) is 22.7 Å². The van der Waals surface area contributed by atoms with E-state index in [0.717, 1.165) is 17.4 Å². The minimum Gasteiger partial charge on any atom is -0.273 e. The Bertz CT molecular complexity index is 1280. The predicted molar refractivity (Wildman–Crippen MR) is 118 cm³/mol. The summed E-state index contributed by atoms with van der Waals surface area (Å²) in [5, 5.41) is 19.1. The van der Waals surface area contributed by atoms with Gasteiger partial charge >= 0.3 is 5.69 Å². The van der Waals surface area contributed by atoms with Gasteiger partial charge in [0.25, 0.3) is 5.91 Å². The second-order valence-electron chi connectivity index (χ2n) is 7.01. The molecule has 33 heavy (non-hydrogen) atoms. The Balaban J connectivity index is 1.45. The molecule has 0 aliphatic carbocycles. The van der Waals surface area contributed by atoms with Gasteiger partial charge in [-0.1, -0.05) is 48.5 Å². The molecule has 2 N–H and O–H groups in total. The lowest BCUT2D eigenvalue weighted by Crippen LogP contribution is -2.42. The molecule has 0 spiro atoms. The van der Waals surface area contributed by atoms with Crippen LogP contribution in [0.15, 0.2) is 79.3 Å². The summed E-state index contributed by atoms with van der Waals surface area (Å²) in [4.78, 5) is 35.2. The van der Waals surface area contributed by atoms with E-state index in [4.69, 9.17) is 0 Å². The molecule has 0 bridgehead atoms. The van der Waals surface area contributed by atoms with Crippen LogP contribution in [0.4, 0.5) is 5.69 Å². The van der Waals surface area contributed by atoms with E-state index in [1.165, 1.54) is 10.9 Å². The lowest BCUT2D eigenvalue weighted by atomic mass is 10.1. The minimum atomic E-state index is -0.566. The van der Waals surface area contributed by atoms with Crippen LogP contribution in [0.2, 0.25) is 0 Å². The van der Waals surface area contributed by atoms with Gasteiger partial charge < -0.3 is 0 Å². The highest BCUT2D eigenvalue weighted by Crippen LogP contribution is 2.23. The van der Waals surface area contributed by atoms with Crippen molar-refractivity contribution in [2.24, 2.45) is 0 Å². The zero-order chi connectivity index (χ0) is 23.2. The Hall–Kier alpha value is -4.80. The molecule has 4 rings (SSSR count). The average Bonchev–Trinajstić information content (AvgIpc) is 3.50. The summed E-state index contributed by atoms with van der Waals surface area (Å²) < 4.78 is 2.89. The van der Waals surface area contributed by atoms with Gasteiger partial charge in [0.15, 0.2) is 0 Å². The minimum absolute atomic E-state index is 0.0338. The third kappa shape index (κ3) is 5.10. The van der Waals surface area contributed by atoms with Crippen LogP contribution in [-0.4, -0.2) is 36.3 Å². The molecule has 2 amide bonds. The van der Waals surface area contributed by atoms with Gasteiger partial charge in [0, 0.05) is 18.2 Å². The molecule has 0 aliphatic rings. The molecule has 2 aromatic carbocycles. The van der Waals surface area contributed by atoms with Crippen molar-refractivity contribution in [1.82, 2.24) is 30.4 Å². The molecule has 0 saturated carbocycles. The van der Waals surface area contributed by atoms with Crippen molar-refractivity contribution in [2.45, 2.75) is 13.0 Å². The maximum Gasteiger partial charge on any atom is 0.306 e. The van der Waals surface area contributed by atoms with E-state index in [1.54, 1.807) is 10.9 Å². The maximum absolute atomic E-state index is 12.9. The van der Waals surface area contributed by atoms with Crippen LogP contribution in [0.1, 0.15) is 16.8 Å². The number of nitro groups is 1. The second kappa shape index (κ2) is 9.56. The topological polar surface area (TPSA) is 137 Å². The number of carbonyl (C=O) groups excluding carboxylic acids is 2. The number of para-hydroxylation sites is 1.